The minimum atomic E-state index is 0.150. The van der Waals surface area contributed by atoms with Crippen molar-refractivity contribution in [3.63, 3.8) is 0 Å². The number of carbonyl (C=O) groups is 1. The lowest BCUT2D eigenvalue weighted by Crippen LogP contribution is -2.42. The summed E-state index contributed by atoms with van der Waals surface area (Å²) in [6.45, 7) is 2.19. The molecule has 0 saturated heterocycles. The zero-order valence-electron chi connectivity index (χ0n) is 11.8. The number of hydrogen-bond donors (Lipinski definition) is 1. The van der Waals surface area contributed by atoms with E-state index in [-0.39, 0.29) is 11.9 Å². The average Bonchev–Trinajstić information content (AvgIpc) is 2.44. The molecule has 3 nitrogen and oxygen atoms in total. The SMILES string of the molecule is CCC(CSC)NC1CC(=O)N(C)c2ccccc21. The Bertz CT molecular complexity index is 450. The third-order valence-electron chi connectivity index (χ3n) is 3.72. The first-order valence-corrected chi connectivity index (χ1v) is 8.17. The normalized spacial score (nSPS) is 20.3. The van der Waals surface area contributed by atoms with Gasteiger partial charge < -0.3 is 10.2 Å². The number of nitrogens with zero attached hydrogens (tertiary/aromatic N) is 1. The van der Waals surface area contributed by atoms with E-state index in [0.29, 0.717) is 12.5 Å². The first-order chi connectivity index (χ1) is 9.17. The molecule has 2 rings (SSSR count). The third-order valence-corrected chi connectivity index (χ3v) is 4.46. The Balaban J connectivity index is 2.22. The predicted molar refractivity (Wildman–Crippen MR) is 82.8 cm³/mol. The molecule has 104 valence electrons. The van der Waals surface area contributed by atoms with Crippen molar-refractivity contribution in [2.45, 2.75) is 31.8 Å². The van der Waals surface area contributed by atoms with Crippen LogP contribution in [0.5, 0.6) is 0 Å². The first-order valence-electron chi connectivity index (χ1n) is 6.77. The smallest absolute Gasteiger partial charge is 0.228 e. The highest BCUT2D eigenvalue weighted by Gasteiger charge is 2.29. The second-order valence-electron chi connectivity index (χ2n) is 5.00. The summed E-state index contributed by atoms with van der Waals surface area (Å²) in [5.41, 5.74) is 2.28. The number of carbonyl (C=O) groups excluding carboxylic acids is 1. The van der Waals surface area contributed by atoms with Crippen molar-refractivity contribution in [1.29, 1.82) is 0 Å². The molecule has 1 amide bonds. The van der Waals surface area contributed by atoms with Crippen LogP contribution in [-0.2, 0) is 4.79 Å². The number of anilines is 1. The molecule has 0 bridgehead atoms. The minimum Gasteiger partial charge on any atom is -0.315 e. The number of fused-ring (bicyclic) bond motifs is 1. The Morgan fingerprint density at radius 3 is 2.89 bits per heavy atom. The molecule has 2 unspecified atom stereocenters. The van der Waals surface area contributed by atoms with Gasteiger partial charge in [-0.15, -0.1) is 0 Å². The van der Waals surface area contributed by atoms with Crippen LogP contribution in [-0.4, -0.2) is 31.0 Å². The van der Waals surface area contributed by atoms with Gasteiger partial charge >= 0.3 is 0 Å². The first kappa shape index (κ1) is 14.4. The monoisotopic (exact) mass is 278 g/mol. The van der Waals surface area contributed by atoms with Crippen molar-refractivity contribution < 1.29 is 4.79 Å². The Morgan fingerprint density at radius 1 is 1.47 bits per heavy atom. The lowest BCUT2D eigenvalue weighted by atomic mass is 9.95. The number of thioether (sulfide) groups is 1. The van der Waals surface area contributed by atoms with Gasteiger partial charge in [0.05, 0.1) is 0 Å². The topological polar surface area (TPSA) is 32.3 Å². The van der Waals surface area contributed by atoms with Crippen LogP contribution in [0.2, 0.25) is 0 Å². The summed E-state index contributed by atoms with van der Waals surface area (Å²) >= 11 is 1.85. The molecule has 1 heterocycles. The molecular formula is C15H22N2OS. The average molecular weight is 278 g/mol. The van der Waals surface area contributed by atoms with Crippen LogP contribution in [0.15, 0.2) is 24.3 Å². The molecule has 1 aliphatic rings. The zero-order chi connectivity index (χ0) is 13.8. The predicted octanol–water partition coefficient (Wildman–Crippen LogP) is 2.83. The van der Waals surface area contributed by atoms with E-state index in [0.717, 1.165) is 17.9 Å². The van der Waals surface area contributed by atoms with Crippen molar-refractivity contribution >= 4 is 23.4 Å². The van der Waals surface area contributed by atoms with Crippen LogP contribution in [0.25, 0.3) is 0 Å². The summed E-state index contributed by atoms with van der Waals surface area (Å²) in [6.07, 6.45) is 3.76. The number of para-hydroxylation sites is 1. The molecule has 0 aliphatic carbocycles. The highest BCUT2D eigenvalue weighted by atomic mass is 32.2. The van der Waals surface area contributed by atoms with Crippen LogP contribution in [0.3, 0.4) is 0 Å². The van der Waals surface area contributed by atoms with E-state index in [1.807, 2.05) is 37.0 Å². The van der Waals surface area contributed by atoms with Gasteiger partial charge in [-0.05, 0) is 24.3 Å². The van der Waals surface area contributed by atoms with Crippen molar-refractivity contribution in [2.24, 2.45) is 0 Å². The van der Waals surface area contributed by atoms with Gasteiger partial charge in [0.2, 0.25) is 5.91 Å². The number of nitrogens with one attached hydrogen (secondary N) is 1. The molecule has 1 aromatic carbocycles. The van der Waals surface area contributed by atoms with E-state index in [1.165, 1.54) is 5.56 Å². The highest BCUT2D eigenvalue weighted by molar-refractivity contribution is 7.98. The van der Waals surface area contributed by atoms with Gasteiger partial charge in [0, 0.05) is 37.0 Å². The fourth-order valence-corrected chi connectivity index (χ4v) is 3.30. The van der Waals surface area contributed by atoms with Crippen molar-refractivity contribution in [3.8, 4) is 0 Å². The molecule has 0 aromatic heterocycles. The Labute approximate surface area is 119 Å². The van der Waals surface area contributed by atoms with Crippen LogP contribution >= 0.6 is 11.8 Å². The number of amides is 1. The van der Waals surface area contributed by atoms with Crippen molar-refractivity contribution in [2.75, 3.05) is 24.0 Å². The van der Waals surface area contributed by atoms with Gasteiger partial charge in [-0.3, -0.25) is 4.79 Å². The molecule has 0 fully saturated rings. The van der Waals surface area contributed by atoms with Crippen LogP contribution in [0, 0.1) is 0 Å². The largest absolute Gasteiger partial charge is 0.315 e. The van der Waals surface area contributed by atoms with E-state index < -0.39 is 0 Å². The van der Waals surface area contributed by atoms with Crippen molar-refractivity contribution in [1.82, 2.24) is 5.32 Å². The van der Waals surface area contributed by atoms with Crippen LogP contribution in [0.1, 0.15) is 31.4 Å². The molecule has 1 aliphatic heterocycles. The maximum absolute atomic E-state index is 12.1. The van der Waals surface area contributed by atoms with Crippen LogP contribution in [0.4, 0.5) is 5.69 Å². The molecule has 1 N–H and O–H groups in total. The standard InChI is InChI=1S/C15H22N2OS/c1-4-11(10-19-3)16-13-9-15(18)17(2)14-8-6-5-7-12(13)14/h5-8,11,13,16H,4,9-10H2,1-3H3. The summed E-state index contributed by atoms with van der Waals surface area (Å²) in [5, 5.41) is 3.65. The lowest BCUT2D eigenvalue weighted by Gasteiger charge is -2.34. The zero-order valence-corrected chi connectivity index (χ0v) is 12.7. The number of hydrogen-bond acceptors (Lipinski definition) is 3. The summed E-state index contributed by atoms with van der Waals surface area (Å²) in [7, 11) is 1.86. The van der Waals surface area contributed by atoms with Gasteiger partial charge in [-0.2, -0.15) is 11.8 Å². The molecule has 0 saturated carbocycles. The Kier molecular flexibility index (Phi) is 4.88. The third kappa shape index (κ3) is 3.12. The second-order valence-corrected chi connectivity index (χ2v) is 5.91. The maximum Gasteiger partial charge on any atom is 0.228 e. The lowest BCUT2D eigenvalue weighted by molar-refractivity contribution is -0.119. The van der Waals surface area contributed by atoms with Gasteiger partial charge in [-0.25, -0.2) is 0 Å². The van der Waals surface area contributed by atoms with E-state index >= 15 is 0 Å². The summed E-state index contributed by atoms with van der Waals surface area (Å²) < 4.78 is 0. The van der Waals surface area contributed by atoms with Gasteiger partial charge in [-0.1, -0.05) is 25.1 Å². The fourth-order valence-electron chi connectivity index (χ4n) is 2.56. The molecule has 2 atom stereocenters. The molecule has 0 radical (unpaired) electrons. The highest BCUT2D eigenvalue weighted by Crippen LogP contribution is 2.33. The van der Waals surface area contributed by atoms with Gasteiger partial charge in [0.15, 0.2) is 0 Å². The quantitative estimate of drug-likeness (QED) is 0.899. The fraction of sp³-hybridized carbons (Fsp3) is 0.533. The van der Waals surface area contributed by atoms with Crippen molar-refractivity contribution in [3.05, 3.63) is 29.8 Å². The summed E-state index contributed by atoms with van der Waals surface area (Å²) in [4.78, 5) is 13.8. The molecule has 0 spiro atoms. The van der Waals surface area contributed by atoms with E-state index in [9.17, 15) is 4.79 Å². The summed E-state index contributed by atoms with van der Waals surface area (Å²) in [6, 6.07) is 8.80. The van der Waals surface area contributed by atoms with E-state index in [4.69, 9.17) is 0 Å². The summed E-state index contributed by atoms with van der Waals surface area (Å²) in [5.74, 6) is 1.27. The molecular weight excluding hydrogens is 256 g/mol. The van der Waals surface area contributed by atoms with Gasteiger partial charge in [0.25, 0.3) is 0 Å². The molecule has 19 heavy (non-hydrogen) atoms. The second kappa shape index (κ2) is 6.44. The molecule has 4 heteroatoms. The van der Waals surface area contributed by atoms with Crippen LogP contribution < -0.4 is 10.2 Å². The van der Waals surface area contributed by atoms with E-state index in [2.05, 4.69) is 24.6 Å². The number of rotatable bonds is 5. The Hall–Kier alpha value is -1.00. The molecule has 1 aromatic rings. The Morgan fingerprint density at radius 2 is 2.21 bits per heavy atom. The van der Waals surface area contributed by atoms with E-state index in [1.54, 1.807) is 4.90 Å². The maximum atomic E-state index is 12.1. The van der Waals surface area contributed by atoms with Gasteiger partial charge in [0.1, 0.15) is 0 Å². The number of benzene rings is 1. The minimum absolute atomic E-state index is 0.150.